The van der Waals surface area contributed by atoms with Crippen LogP contribution in [0.15, 0.2) is 12.3 Å². The van der Waals surface area contributed by atoms with E-state index in [9.17, 15) is 4.79 Å². The average molecular weight is 264 g/mol. The molecule has 0 radical (unpaired) electrons. The van der Waals surface area contributed by atoms with Gasteiger partial charge in [-0.3, -0.25) is 9.48 Å². The van der Waals surface area contributed by atoms with E-state index in [1.54, 1.807) is 6.20 Å². The number of nitrogens with zero attached hydrogens (tertiary/aromatic N) is 2. The normalized spacial score (nSPS) is 17.1. The van der Waals surface area contributed by atoms with Crippen LogP contribution in [0.25, 0.3) is 0 Å². The van der Waals surface area contributed by atoms with Crippen LogP contribution in [0.2, 0.25) is 0 Å². The second-order valence-electron chi connectivity index (χ2n) is 5.31. The number of hydrogen-bond donors (Lipinski definition) is 2. The highest BCUT2D eigenvalue weighted by atomic mass is 16.1. The van der Waals surface area contributed by atoms with Crippen LogP contribution in [0, 0.1) is 0 Å². The lowest BCUT2D eigenvalue weighted by Crippen LogP contribution is -2.40. The van der Waals surface area contributed by atoms with Crippen molar-refractivity contribution in [2.45, 2.75) is 51.1 Å². The zero-order chi connectivity index (χ0) is 13.5. The van der Waals surface area contributed by atoms with Gasteiger partial charge in [0.2, 0.25) is 5.91 Å². The third-order valence-electron chi connectivity index (χ3n) is 3.73. The topological polar surface area (TPSA) is 59.0 Å². The number of rotatable bonds is 5. The largest absolute Gasteiger partial charge is 0.352 e. The molecule has 0 aromatic carbocycles. The highest BCUT2D eigenvalue weighted by Gasteiger charge is 2.14. The Labute approximate surface area is 114 Å². The predicted octanol–water partition coefficient (Wildman–Crippen LogP) is 1.35. The highest BCUT2D eigenvalue weighted by Crippen LogP contribution is 2.16. The minimum absolute atomic E-state index is 0.106. The lowest BCUT2D eigenvalue weighted by Gasteiger charge is -2.16. The number of nitrogens with one attached hydrogen (secondary N) is 2. The van der Waals surface area contributed by atoms with Crippen molar-refractivity contribution >= 4 is 5.91 Å². The van der Waals surface area contributed by atoms with Crippen molar-refractivity contribution in [2.75, 3.05) is 6.54 Å². The molecule has 19 heavy (non-hydrogen) atoms. The quantitative estimate of drug-likeness (QED) is 0.789. The maximum atomic E-state index is 11.8. The maximum absolute atomic E-state index is 11.8. The number of aryl methyl sites for hydroxylation is 1. The molecule has 1 saturated carbocycles. The van der Waals surface area contributed by atoms with Gasteiger partial charge in [0.15, 0.2) is 0 Å². The van der Waals surface area contributed by atoms with Gasteiger partial charge in [-0.2, -0.15) is 5.10 Å². The van der Waals surface area contributed by atoms with Crippen LogP contribution in [0.5, 0.6) is 0 Å². The Bertz CT molecular complexity index is 394. The van der Waals surface area contributed by atoms with Gasteiger partial charge in [-0.1, -0.05) is 25.7 Å². The smallest absolute Gasteiger partial charge is 0.234 e. The van der Waals surface area contributed by atoms with E-state index in [0.717, 1.165) is 18.5 Å². The van der Waals surface area contributed by atoms with Crippen LogP contribution in [-0.4, -0.2) is 28.3 Å². The SMILES string of the molecule is Cn1nccc1CNCC(=O)NC1CCCCCC1. The Morgan fingerprint density at radius 2 is 2.11 bits per heavy atom. The summed E-state index contributed by atoms with van der Waals surface area (Å²) in [5, 5.41) is 10.4. The van der Waals surface area contributed by atoms with Gasteiger partial charge in [-0.25, -0.2) is 0 Å². The van der Waals surface area contributed by atoms with Gasteiger partial charge in [0, 0.05) is 25.8 Å². The van der Waals surface area contributed by atoms with Crippen molar-refractivity contribution < 1.29 is 4.79 Å². The molecule has 2 N–H and O–H groups in total. The molecule has 0 bridgehead atoms. The molecule has 0 unspecified atom stereocenters. The van der Waals surface area contributed by atoms with Crippen LogP contribution < -0.4 is 10.6 Å². The summed E-state index contributed by atoms with van der Waals surface area (Å²) in [6.07, 6.45) is 9.14. The monoisotopic (exact) mass is 264 g/mol. The summed E-state index contributed by atoms with van der Waals surface area (Å²) in [5.74, 6) is 0.106. The number of carbonyl (C=O) groups excluding carboxylic acids is 1. The predicted molar refractivity (Wildman–Crippen MR) is 74.5 cm³/mol. The summed E-state index contributed by atoms with van der Waals surface area (Å²) in [4.78, 5) is 11.8. The molecule has 5 nitrogen and oxygen atoms in total. The Balaban J connectivity index is 1.65. The van der Waals surface area contributed by atoms with Gasteiger partial charge < -0.3 is 10.6 Å². The summed E-state index contributed by atoms with van der Waals surface area (Å²) < 4.78 is 1.82. The first-order valence-electron chi connectivity index (χ1n) is 7.22. The van der Waals surface area contributed by atoms with E-state index in [-0.39, 0.29) is 5.91 Å². The molecule has 1 amide bonds. The molecule has 0 aliphatic heterocycles. The van der Waals surface area contributed by atoms with Crippen LogP contribution in [-0.2, 0) is 18.4 Å². The first kappa shape index (κ1) is 14.1. The van der Waals surface area contributed by atoms with Crippen molar-refractivity contribution in [3.05, 3.63) is 18.0 Å². The third kappa shape index (κ3) is 4.67. The van der Waals surface area contributed by atoms with Gasteiger partial charge >= 0.3 is 0 Å². The Kier molecular flexibility index (Phi) is 5.39. The molecule has 1 aliphatic rings. The van der Waals surface area contributed by atoms with E-state index in [4.69, 9.17) is 0 Å². The van der Waals surface area contributed by atoms with Crippen molar-refractivity contribution in [1.29, 1.82) is 0 Å². The van der Waals surface area contributed by atoms with Crippen LogP contribution >= 0.6 is 0 Å². The molecule has 1 heterocycles. The third-order valence-corrected chi connectivity index (χ3v) is 3.73. The zero-order valence-corrected chi connectivity index (χ0v) is 11.7. The lowest BCUT2D eigenvalue weighted by molar-refractivity contribution is -0.121. The second-order valence-corrected chi connectivity index (χ2v) is 5.31. The second kappa shape index (κ2) is 7.28. The molecule has 1 aromatic rings. The van der Waals surface area contributed by atoms with Crippen molar-refractivity contribution in [1.82, 2.24) is 20.4 Å². The molecule has 0 spiro atoms. The Hall–Kier alpha value is -1.36. The van der Waals surface area contributed by atoms with Gasteiger partial charge in [-0.05, 0) is 18.9 Å². The number of amides is 1. The molecular weight excluding hydrogens is 240 g/mol. The number of aromatic nitrogens is 2. The summed E-state index contributed by atoms with van der Waals surface area (Å²) in [7, 11) is 1.91. The molecule has 1 aromatic heterocycles. The molecule has 1 fully saturated rings. The summed E-state index contributed by atoms with van der Waals surface area (Å²) in [5.41, 5.74) is 1.09. The van der Waals surface area contributed by atoms with Gasteiger partial charge in [-0.15, -0.1) is 0 Å². The van der Waals surface area contributed by atoms with Crippen molar-refractivity contribution in [3.63, 3.8) is 0 Å². The molecule has 106 valence electrons. The molecule has 2 rings (SSSR count). The molecule has 0 atom stereocenters. The van der Waals surface area contributed by atoms with E-state index in [1.165, 1.54) is 25.7 Å². The van der Waals surface area contributed by atoms with Crippen LogP contribution in [0.4, 0.5) is 0 Å². The standard InChI is InChI=1S/C14H24N4O/c1-18-13(8-9-16-18)10-15-11-14(19)17-12-6-4-2-3-5-7-12/h8-9,12,15H,2-7,10-11H2,1H3,(H,17,19). The highest BCUT2D eigenvalue weighted by molar-refractivity contribution is 5.78. The molecule has 5 heteroatoms. The first-order chi connectivity index (χ1) is 9.25. The van der Waals surface area contributed by atoms with E-state index in [2.05, 4.69) is 15.7 Å². The Morgan fingerprint density at radius 1 is 1.37 bits per heavy atom. The van der Waals surface area contributed by atoms with E-state index in [1.807, 2.05) is 17.8 Å². The summed E-state index contributed by atoms with van der Waals surface area (Å²) in [6, 6.07) is 2.34. The van der Waals surface area contributed by atoms with Crippen LogP contribution in [0.1, 0.15) is 44.2 Å². The van der Waals surface area contributed by atoms with Gasteiger partial charge in [0.25, 0.3) is 0 Å². The van der Waals surface area contributed by atoms with Crippen molar-refractivity contribution in [3.8, 4) is 0 Å². The van der Waals surface area contributed by atoms with Gasteiger partial charge in [0.1, 0.15) is 0 Å². The van der Waals surface area contributed by atoms with E-state index in [0.29, 0.717) is 19.1 Å². The van der Waals surface area contributed by atoms with E-state index < -0.39 is 0 Å². The van der Waals surface area contributed by atoms with Crippen LogP contribution in [0.3, 0.4) is 0 Å². The number of carbonyl (C=O) groups is 1. The maximum Gasteiger partial charge on any atom is 0.234 e. The first-order valence-corrected chi connectivity index (χ1v) is 7.22. The zero-order valence-electron chi connectivity index (χ0n) is 11.7. The van der Waals surface area contributed by atoms with Crippen molar-refractivity contribution in [2.24, 2.45) is 7.05 Å². The fraction of sp³-hybridized carbons (Fsp3) is 0.714. The minimum atomic E-state index is 0.106. The molecule has 1 aliphatic carbocycles. The lowest BCUT2D eigenvalue weighted by atomic mass is 10.1. The average Bonchev–Trinajstić information content (AvgIpc) is 2.65. The molecule has 0 saturated heterocycles. The summed E-state index contributed by atoms with van der Waals surface area (Å²) >= 11 is 0. The Morgan fingerprint density at radius 3 is 2.74 bits per heavy atom. The van der Waals surface area contributed by atoms with Gasteiger partial charge in [0.05, 0.1) is 12.2 Å². The fourth-order valence-corrected chi connectivity index (χ4v) is 2.58. The number of hydrogen-bond acceptors (Lipinski definition) is 3. The van der Waals surface area contributed by atoms with E-state index >= 15 is 0 Å². The minimum Gasteiger partial charge on any atom is -0.352 e. The molecular formula is C14H24N4O. The fourth-order valence-electron chi connectivity index (χ4n) is 2.58. The summed E-state index contributed by atoms with van der Waals surface area (Å²) in [6.45, 7) is 1.05.